The van der Waals surface area contributed by atoms with Gasteiger partial charge in [0.25, 0.3) is 0 Å². The summed E-state index contributed by atoms with van der Waals surface area (Å²) in [7, 11) is 0. The van der Waals surface area contributed by atoms with Gasteiger partial charge >= 0.3 is 0 Å². The van der Waals surface area contributed by atoms with Crippen LogP contribution in [0.4, 0.5) is 5.69 Å². The van der Waals surface area contributed by atoms with Gasteiger partial charge in [-0.15, -0.1) is 0 Å². The van der Waals surface area contributed by atoms with Crippen molar-refractivity contribution >= 4 is 17.4 Å². The molecular weight excluding hydrogens is 178 g/mol. The smallest absolute Gasteiger partial charge is 0.0804 e. The summed E-state index contributed by atoms with van der Waals surface area (Å²) < 4.78 is 0. The highest BCUT2D eigenvalue weighted by molar-refractivity contribution is 8.03. The number of hydrogen-bond acceptors (Lipinski definition) is 2. The van der Waals surface area contributed by atoms with Crippen LogP contribution < -0.4 is 4.90 Å². The summed E-state index contributed by atoms with van der Waals surface area (Å²) in [6.07, 6.45) is 6.49. The van der Waals surface area contributed by atoms with Crippen LogP contribution in [0.5, 0.6) is 0 Å². The monoisotopic (exact) mass is 187 g/mol. The predicted octanol–water partition coefficient (Wildman–Crippen LogP) is 3.01. The number of hydrogen-bond donors (Lipinski definition) is 0. The topological polar surface area (TPSA) is 3.24 Å². The summed E-state index contributed by atoms with van der Waals surface area (Å²) in [6, 6.07) is 8.56. The van der Waals surface area contributed by atoms with E-state index in [9.17, 15) is 0 Å². The second-order valence-electron chi connectivity index (χ2n) is 3.11. The Kier molecular flexibility index (Phi) is 1.49. The highest BCUT2D eigenvalue weighted by Crippen LogP contribution is 2.46. The SMILES string of the molecule is C1=CCN2C(=C1)Sc1ccccc12. The van der Waals surface area contributed by atoms with Gasteiger partial charge in [-0.05, 0) is 18.2 Å². The maximum atomic E-state index is 2.35. The number of allylic oxidation sites excluding steroid dienone is 2. The number of fused-ring (bicyclic) bond motifs is 3. The molecular formula is C11H9NS. The summed E-state index contributed by atoms with van der Waals surface area (Å²) in [4.78, 5) is 3.72. The summed E-state index contributed by atoms with van der Waals surface area (Å²) in [6.45, 7) is 1.01. The molecule has 0 bridgehead atoms. The lowest BCUT2D eigenvalue weighted by molar-refractivity contribution is 1.06. The van der Waals surface area contributed by atoms with Crippen LogP contribution in [0.25, 0.3) is 0 Å². The van der Waals surface area contributed by atoms with Crippen LogP contribution in [-0.2, 0) is 0 Å². The first kappa shape index (κ1) is 7.27. The zero-order valence-corrected chi connectivity index (χ0v) is 7.92. The average molecular weight is 187 g/mol. The first-order valence-electron chi connectivity index (χ1n) is 4.36. The molecule has 3 rings (SSSR count). The Hall–Kier alpha value is -1.15. The van der Waals surface area contributed by atoms with Crippen molar-refractivity contribution in [3.8, 4) is 0 Å². The standard InChI is InChI=1S/C11H9NS/c1-2-6-10-9(5-1)12-8-4-3-7-11(12)13-10/h1-7H,8H2. The molecule has 0 saturated carbocycles. The van der Waals surface area contributed by atoms with Crippen molar-refractivity contribution in [2.75, 3.05) is 11.4 Å². The van der Waals surface area contributed by atoms with Crippen LogP contribution in [0.3, 0.4) is 0 Å². The molecule has 0 aromatic heterocycles. The Bertz CT molecular complexity index is 406. The molecule has 0 spiro atoms. The van der Waals surface area contributed by atoms with Crippen molar-refractivity contribution in [3.63, 3.8) is 0 Å². The fourth-order valence-electron chi connectivity index (χ4n) is 1.68. The van der Waals surface area contributed by atoms with Gasteiger partial charge in [-0.2, -0.15) is 0 Å². The second-order valence-corrected chi connectivity index (χ2v) is 4.18. The highest BCUT2D eigenvalue weighted by atomic mass is 32.2. The van der Waals surface area contributed by atoms with Crippen molar-refractivity contribution < 1.29 is 0 Å². The minimum atomic E-state index is 1.01. The summed E-state index contributed by atoms with van der Waals surface area (Å²) >= 11 is 1.86. The highest BCUT2D eigenvalue weighted by Gasteiger charge is 2.24. The third kappa shape index (κ3) is 1.02. The van der Waals surface area contributed by atoms with Crippen LogP contribution in [0.1, 0.15) is 0 Å². The molecule has 2 heterocycles. The lowest BCUT2D eigenvalue weighted by atomic mass is 10.2. The molecule has 0 unspecified atom stereocenters. The first-order valence-corrected chi connectivity index (χ1v) is 5.18. The Labute approximate surface area is 81.7 Å². The Balaban J connectivity index is 2.14. The van der Waals surface area contributed by atoms with Gasteiger partial charge in [0.15, 0.2) is 0 Å². The van der Waals surface area contributed by atoms with Crippen LogP contribution in [0.2, 0.25) is 0 Å². The molecule has 1 aromatic rings. The van der Waals surface area contributed by atoms with Crippen molar-refractivity contribution in [2.24, 2.45) is 0 Å². The molecule has 0 amide bonds. The molecule has 13 heavy (non-hydrogen) atoms. The van der Waals surface area contributed by atoms with Crippen LogP contribution >= 0.6 is 11.8 Å². The van der Waals surface area contributed by atoms with E-state index in [1.807, 2.05) is 11.8 Å². The van der Waals surface area contributed by atoms with Crippen molar-refractivity contribution in [1.82, 2.24) is 0 Å². The van der Waals surface area contributed by atoms with Gasteiger partial charge in [0.1, 0.15) is 0 Å². The number of nitrogens with zero attached hydrogens (tertiary/aromatic N) is 1. The lowest BCUT2D eigenvalue weighted by Gasteiger charge is -2.20. The molecule has 1 nitrogen and oxygen atoms in total. The van der Waals surface area contributed by atoms with E-state index >= 15 is 0 Å². The minimum Gasteiger partial charge on any atom is -0.331 e. The normalized spacial score (nSPS) is 18.2. The number of rotatable bonds is 0. The van der Waals surface area contributed by atoms with Gasteiger partial charge in [0, 0.05) is 11.4 Å². The van der Waals surface area contributed by atoms with Gasteiger partial charge in [-0.25, -0.2) is 0 Å². The van der Waals surface area contributed by atoms with E-state index in [0.717, 1.165) is 6.54 Å². The maximum Gasteiger partial charge on any atom is 0.0804 e. The molecule has 2 aliphatic heterocycles. The third-order valence-electron chi connectivity index (χ3n) is 2.30. The molecule has 0 radical (unpaired) electrons. The van der Waals surface area contributed by atoms with Gasteiger partial charge in [0.2, 0.25) is 0 Å². The molecule has 0 aliphatic carbocycles. The quantitative estimate of drug-likeness (QED) is 0.614. The predicted molar refractivity (Wildman–Crippen MR) is 56.9 cm³/mol. The number of thioether (sulfide) groups is 1. The molecule has 0 N–H and O–H groups in total. The zero-order chi connectivity index (χ0) is 8.67. The summed E-state index contributed by atoms with van der Waals surface area (Å²) in [5.74, 6) is 0. The fourth-order valence-corrected chi connectivity index (χ4v) is 2.77. The molecule has 2 aliphatic rings. The zero-order valence-electron chi connectivity index (χ0n) is 7.10. The molecule has 0 fully saturated rings. The second kappa shape index (κ2) is 2.67. The van der Waals surface area contributed by atoms with E-state index in [1.165, 1.54) is 15.6 Å². The Morgan fingerprint density at radius 2 is 2.15 bits per heavy atom. The van der Waals surface area contributed by atoms with Crippen LogP contribution in [-0.4, -0.2) is 6.54 Å². The number of anilines is 1. The fraction of sp³-hybridized carbons (Fsp3) is 0.0909. The van der Waals surface area contributed by atoms with Gasteiger partial charge in [0.05, 0.1) is 10.7 Å². The number of para-hydroxylation sites is 1. The Morgan fingerprint density at radius 1 is 1.23 bits per heavy atom. The van der Waals surface area contributed by atoms with Gasteiger partial charge in [-0.1, -0.05) is 36.0 Å². The van der Waals surface area contributed by atoms with E-state index in [1.54, 1.807) is 0 Å². The summed E-state index contributed by atoms with van der Waals surface area (Å²) in [5, 5.41) is 1.35. The average Bonchev–Trinajstić information content (AvgIpc) is 2.56. The van der Waals surface area contributed by atoms with Crippen LogP contribution in [0, 0.1) is 0 Å². The molecule has 64 valence electrons. The minimum absolute atomic E-state index is 1.01. The molecule has 0 atom stereocenters. The Morgan fingerprint density at radius 3 is 3.15 bits per heavy atom. The first-order chi connectivity index (χ1) is 6.45. The third-order valence-corrected chi connectivity index (χ3v) is 3.43. The van der Waals surface area contributed by atoms with Gasteiger partial charge < -0.3 is 4.90 Å². The molecule has 0 saturated heterocycles. The van der Waals surface area contributed by atoms with E-state index < -0.39 is 0 Å². The maximum absolute atomic E-state index is 2.35. The van der Waals surface area contributed by atoms with E-state index in [4.69, 9.17) is 0 Å². The number of benzene rings is 1. The lowest BCUT2D eigenvalue weighted by Crippen LogP contribution is -2.18. The van der Waals surface area contributed by atoms with Crippen molar-refractivity contribution in [2.45, 2.75) is 4.90 Å². The molecule has 2 heteroatoms. The van der Waals surface area contributed by atoms with E-state index in [0.29, 0.717) is 0 Å². The van der Waals surface area contributed by atoms with Crippen molar-refractivity contribution in [3.05, 3.63) is 47.5 Å². The molecule has 1 aromatic carbocycles. The van der Waals surface area contributed by atoms with E-state index in [-0.39, 0.29) is 0 Å². The van der Waals surface area contributed by atoms with E-state index in [2.05, 4.69) is 47.4 Å². The van der Waals surface area contributed by atoms with Crippen LogP contribution in [0.15, 0.2) is 52.4 Å². The summed E-state index contributed by atoms with van der Waals surface area (Å²) in [5.41, 5.74) is 1.35. The van der Waals surface area contributed by atoms with Crippen molar-refractivity contribution in [1.29, 1.82) is 0 Å². The largest absolute Gasteiger partial charge is 0.331 e. The van der Waals surface area contributed by atoms with Gasteiger partial charge in [-0.3, -0.25) is 0 Å².